The molecule has 0 aliphatic carbocycles. The first-order valence-electron chi connectivity index (χ1n) is 9.90. The van der Waals surface area contributed by atoms with Gasteiger partial charge in [0.15, 0.2) is 0 Å². The third-order valence-electron chi connectivity index (χ3n) is 4.64. The van der Waals surface area contributed by atoms with Crippen LogP contribution >= 0.6 is 0 Å². The molecule has 28 heavy (non-hydrogen) atoms. The Labute approximate surface area is 166 Å². The summed E-state index contributed by atoms with van der Waals surface area (Å²) in [6.07, 6.45) is 2.51. The number of hydrogen-bond donors (Lipinski definition) is 2. The van der Waals surface area contributed by atoms with Gasteiger partial charge in [-0.2, -0.15) is 0 Å². The van der Waals surface area contributed by atoms with E-state index in [2.05, 4.69) is 15.5 Å². The summed E-state index contributed by atoms with van der Waals surface area (Å²) in [5, 5.41) is 5.66. The molecule has 1 heterocycles. The number of piperidine rings is 1. The summed E-state index contributed by atoms with van der Waals surface area (Å²) in [6.45, 7) is 9.82. The van der Waals surface area contributed by atoms with Crippen LogP contribution in [-0.2, 0) is 9.53 Å². The van der Waals surface area contributed by atoms with E-state index in [0.717, 1.165) is 38.9 Å². The molecule has 0 aromatic heterocycles. The van der Waals surface area contributed by atoms with Gasteiger partial charge in [0.1, 0.15) is 11.4 Å². The maximum absolute atomic E-state index is 13.5. The molecule has 1 aromatic rings. The van der Waals surface area contributed by atoms with E-state index in [4.69, 9.17) is 4.74 Å². The highest BCUT2D eigenvalue weighted by molar-refractivity contribution is 5.90. The van der Waals surface area contributed by atoms with Gasteiger partial charge in [-0.25, -0.2) is 9.18 Å². The average Bonchev–Trinajstić information content (AvgIpc) is 2.58. The monoisotopic (exact) mass is 393 g/mol. The Hall–Kier alpha value is -2.15. The van der Waals surface area contributed by atoms with Crippen LogP contribution in [0.2, 0.25) is 0 Å². The van der Waals surface area contributed by atoms with E-state index in [1.165, 1.54) is 6.07 Å². The van der Waals surface area contributed by atoms with Gasteiger partial charge in [-0.15, -0.1) is 0 Å². The highest BCUT2D eigenvalue weighted by Gasteiger charge is 2.23. The summed E-state index contributed by atoms with van der Waals surface area (Å²) in [7, 11) is 0. The van der Waals surface area contributed by atoms with Crippen molar-refractivity contribution in [2.45, 2.75) is 65.0 Å². The molecule has 1 fully saturated rings. The first-order chi connectivity index (χ1) is 13.1. The van der Waals surface area contributed by atoms with Crippen LogP contribution in [0.4, 0.5) is 14.9 Å². The van der Waals surface area contributed by atoms with Gasteiger partial charge in [0.25, 0.3) is 0 Å². The predicted octanol–water partition coefficient (Wildman–Crippen LogP) is 3.84. The Balaban J connectivity index is 1.62. The van der Waals surface area contributed by atoms with Crippen molar-refractivity contribution in [3.05, 3.63) is 29.6 Å². The molecule has 2 N–H and O–H groups in total. The molecule has 1 aliphatic heterocycles. The van der Waals surface area contributed by atoms with Crippen molar-refractivity contribution in [3.8, 4) is 0 Å². The van der Waals surface area contributed by atoms with Gasteiger partial charge in [-0.1, -0.05) is 6.07 Å². The normalized spacial score (nSPS) is 15.9. The second-order valence-electron chi connectivity index (χ2n) is 8.38. The van der Waals surface area contributed by atoms with Crippen LogP contribution in [0.15, 0.2) is 18.2 Å². The zero-order valence-corrected chi connectivity index (χ0v) is 17.3. The van der Waals surface area contributed by atoms with Gasteiger partial charge in [-0.05, 0) is 71.2 Å². The molecule has 7 heteroatoms. The highest BCUT2D eigenvalue weighted by atomic mass is 19.1. The number of nitrogens with zero attached hydrogens (tertiary/aromatic N) is 1. The van der Waals surface area contributed by atoms with Gasteiger partial charge in [-0.3, -0.25) is 4.79 Å². The Kier molecular flexibility index (Phi) is 7.80. The van der Waals surface area contributed by atoms with Crippen LogP contribution in [0.3, 0.4) is 0 Å². The topological polar surface area (TPSA) is 70.7 Å². The molecular weight excluding hydrogens is 361 g/mol. The van der Waals surface area contributed by atoms with Crippen molar-refractivity contribution in [2.75, 3.05) is 25.0 Å². The standard InChI is InChI=1S/C21H32FN3O3/c1-15-7-8-17(14-18(15)22)23-19(26)6-5-11-25-12-9-16(10-13-25)24-20(27)28-21(2,3)4/h7-8,14,16H,5-6,9-13H2,1-4H3,(H,23,26)(H,24,27). The van der Waals surface area contributed by atoms with E-state index in [-0.39, 0.29) is 23.9 Å². The fourth-order valence-corrected chi connectivity index (χ4v) is 3.13. The van der Waals surface area contributed by atoms with Crippen LogP contribution in [0.5, 0.6) is 0 Å². The molecule has 0 atom stereocenters. The third kappa shape index (κ3) is 7.84. The van der Waals surface area contributed by atoms with E-state index in [1.54, 1.807) is 19.1 Å². The first-order valence-corrected chi connectivity index (χ1v) is 9.90. The molecule has 0 spiro atoms. The molecule has 2 rings (SSSR count). The number of alkyl carbamates (subject to hydrolysis) is 1. The summed E-state index contributed by atoms with van der Waals surface area (Å²) in [4.78, 5) is 26.2. The SMILES string of the molecule is Cc1ccc(NC(=O)CCCN2CCC(NC(=O)OC(C)(C)C)CC2)cc1F. The van der Waals surface area contributed by atoms with Crippen LogP contribution in [0, 0.1) is 12.7 Å². The third-order valence-corrected chi connectivity index (χ3v) is 4.64. The Bertz CT molecular complexity index is 680. The van der Waals surface area contributed by atoms with Crippen molar-refractivity contribution in [3.63, 3.8) is 0 Å². The minimum atomic E-state index is -0.490. The van der Waals surface area contributed by atoms with Crippen molar-refractivity contribution < 1.29 is 18.7 Å². The van der Waals surface area contributed by atoms with E-state index in [1.807, 2.05) is 20.8 Å². The zero-order chi connectivity index (χ0) is 20.7. The number of rotatable bonds is 6. The molecular formula is C21H32FN3O3. The predicted molar refractivity (Wildman–Crippen MR) is 108 cm³/mol. The quantitative estimate of drug-likeness (QED) is 0.770. The van der Waals surface area contributed by atoms with E-state index >= 15 is 0 Å². The van der Waals surface area contributed by atoms with Gasteiger partial charge in [0.2, 0.25) is 5.91 Å². The molecule has 0 radical (unpaired) electrons. The summed E-state index contributed by atoms with van der Waals surface area (Å²) in [5.74, 6) is -0.426. The number of carbonyl (C=O) groups excluding carboxylic acids is 2. The molecule has 6 nitrogen and oxygen atoms in total. The fourth-order valence-electron chi connectivity index (χ4n) is 3.13. The maximum Gasteiger partial charge on any atom is 0.407 e. The zero-order valence-electron chi connectivity index (χ0n) is 17.3. The lowest BCUT2D eigenvalue weighted by molar-refractivity contribution is -0.116. The van der Waals surface area contributed by atoms with Gasteiger partial charge < -0.3 is 20.3 Å². The van der Waals surface area contributed by atoms with Crippen LogP contribution < -0.4 is 10.6 Å². The van der Waals surface area contributed by atoms with Crippen LogP contribution in [-0.4, -0.2) is 48.2 Å². The van der Waals surface area contributed by atoms with E-state index in [9.17, 15) is 14.0 Å². The molecule has 0 bridgehead atoms. The number of carbonyl (C=O) groups is 2. The highest BCUT2D eigenvalue weighted by Crippen LogP contribution is 2.15. The minimum absolute atomic E-state index is 0.107. The maximum atomic E-state index is 13.5. The number of amides is 2. The number of likely N-dealkylation sites (tertiary alicyclic amines) is 1. The van der Waals surface area contributed by atoms with Crippen molar-refractivity contribution in [1.29, 1.82) is 0 Å². The number of nitrogens with one attached hydrogen (secondary N) is 2. The summed E-state index contributed by atoms with van der Waals surface area (Å²) in [6, 6.07) is 4.83. The molecule has 1 aromatic carbocycles. The molecule has 2 amide bonds. The van der Waals surface area contributed by atoms with Crippen LogP contribution in [0.25, 0.3) is 0 Å². The van der Waals surface area contributed by atoms with Crippen molar-refractivity contribution in [1.82, 2.24) is 10.2 Å². The molecule has 0 saturated carbocycles. The fraction of sp³-hybridized carbons (Fsp3) is 0.619. The number of halogens is 1. The van der Waals surface area contributed by atoms with Crippen molar-refractivity contribution in [2.24, 2.45) is 0 Å². The Morgan fingerprint density at radius 3 is 2.54 bits per heavy atom. The number of ether oxygens (including phenoxy) is 1. The number of benzene rings is 1. The second kappa shape index (κ2) is 9.87. The van der Waals surface area contributed by atoms with Gasteiger partial charge >= 0.3 is 6.09 Å². The summed E-state index contributed by atoms with van der Waals surface area (Å²) in [5.41, 5.74) is 0.556. The largest absolute Gasteiger partial charge is 0.444 e. The van der Waals surface area contributed by atoms with E-state index < -0.39 is 5.60 Å². The molecule has 1 aliphatic rings. The first kappa shape index (κ1) is 22.1. The van der Waals surface area contributed by atoms with Gasteiger partial charge in [0.05, 0.1) is 0 Å². The lowest BCUT2D eigenvalue weighted by atomic mass is 10.0. The van der Waals surface area contributed by atoms with Gasteiger partial charge in [0, 0.05) is 31.2 Å². The summed E-state index contributed by atoms with van der Waals surface area (Å²) < 4.78 is 18.8. The van der Waals surface area contributed by atoms with Crippen molar-refractivity contribution >= 4 is 17.7 Å². The Morgan fingerprint density at radius 2 is 1.93 bits per heavy atom. The summed E-state index contributed by atoms with van der Waals surface area (Å²) >= 11 is 0. The molecule has 1 saturated heterocycles. The minimum Gasteiger partial charge on any atom is -0.444 e. The molecule has 0 unspecified atom stereocenters. The smallest absolute Gasteiger partial charge is 0.407 e. The lowest BCUT2D eigenvalue weighted by Crippen LogP contribution is -2.46. The number of anilines is 1. The lowest BCUT2D eigenvalue weighted by Gasteiger charge is -2.32. The van der Waals surface area contributed by atoms with Crippen LogP contribution in [0.1, 0.15) is 52.0 Å². The average molecular weight is 394 g/mol. The Morgan fingerprint density at radius 1 is 1.25 bits per heavy atom. The van der Waals surface area contributed by atoms with E-state index in [0.29, 0.717) is 17.7 Å². The number of aryl methyl sites for hydroxylation is 1. The number of hydrogen-bond acceptors (Lipinski definition) is 4. The molecule has 156 valence electrons. The second-order valence-corrected chi connectivity index (χ2v) is 8.38.